The molecule has 4 nitrogen and oxygen atoms in total. The van der Waals surface area contributed by atoms with Gasteiger partial charge in [0.2, 0.25) is 0 Å². The van der Waals surface area contributed by atoms with E-state index in [9.17, 15) is 9.59 Å². The zero-order chi connectivity index (χ0) is 10.1. The highest BCUT2D eigenvalue weighted by molar-refractivity contribution is 5.92. The molecule has 1 amide bonds. The second kappa shape index (κ2) is 3.44. The Labute approximate surface area is 82.5 Å². The van der Waals surface area contributed by atoms with Crippen LogP contribution in [0.25, 0.3) is 0 Å². The van der Waals surface area contributed by atoms with E-state index < -0.39 is 0 Å². The average molecular weight is 195 g/mol. The van der Waals surface area contributed by atoms with E-state index in [2.05, 4.69) is 6.58 Å². The molecule has 4 heteroatoms. The molecule has 2 aliphatic rings. The highest BCUT2D eigenvalue weighted by atomic mass is 16.6. The lowest BCUT2D eigenvalue weighted by molar-refractivity contribution is -0.120. The van der Waals surface area contributed by atoms with Crippen LogP contribution in [-0.2, 0) is 9.53 Å². The number of amides is 1. The molecule has 0 saturated carbocycles. The Morgan fingerprint density at radius 1 is 1.64 bits per heavy atom. The summed E-state index contributed by atoms with van der Waals surface area (Å²) < 4.78 is 4.92. The first-order valence-electron chi connectivity index (χ1n) is 4.82. The third-order valence-corrected chi connectivity index (χ3v) is 2.85. The summed E-state index contributed by atoms with van der Waals surface area (Å²) in [5.74, 6) is 0.178. The van der Waals surface area contributed by atoms with Gasteiger partial charge in [-0.3, -0.25) is 9.69 Å². The van der Waals surface area contributed by atoms with Crippen molar-refractivity contribution in [1.82, 2.24) is 4.90 Å². The van der Waals surface area contributed by atoms with Gasteiger partial charge in [-0.05, 0) is 12.8 Å². The van der Waals surface area contributed by atoms with E-state index in [-0.39, 0.29) is 30.6 Å². The summed E-state index contributed by atoms with van der Waals surface area (Å²) in [6.07, 6.45) is 3.39. The Hall–Kier alpha value is -1.32. The number of rotatable bonds is 2. The maximum Gasteiger partial charge on any atom is 0.410 e. The minimum absolute atomic E-state index is 0.0878. The van der Waals surface area contributed by atoms with Gasteiger partial charge in [-0.25, -0.2) is 4.79 Å². The second-order valence-corrected chi connectivity index (χ2v) is 3.69. The fraction of sp³-hybridized carbons (Fsp3) is 0.600. The molecule has 0 aromatic rings. The molecule has 2 aliphatic heterocycles. The maximum absolute atomic E-state index is 11.5. The van der Waals surface area contributed by atoms with Gasteiger partial charge >= 0.3 is 6.09 Å². The molecular weight excluding hydrogens is 182 g/mol. The van der Waals surface area contributed by atoms with Crippen molar-refractivity contribution in [3.8, 4) is 0 Å². The topological polar surface area (TPSA) is 46.6 Å². The fourth-order valence-electron chi connectivity index (χ4n) is 2.25. The number of carbonyl (C=O) groups is 2. The summed E-state index contributed by atoms with van der Waals surface area (Å²) in [7, 11) is 0. The van der Waals surface area contributed by atoms with E-state index in [1.165, 1.54) is 6.08 Å². The van der Waals surface area contributed by atoms with Crippen LogP contribution in [0.5, 0.6) is 0 Å². The van der Waals surface area contributed by atoms with Crippen molar-refractivity contribution in [3.05, 3.63) is 12.7 Å². The minimum Gasteiger partial charge on any atom is -0.445 e. The number of nitrogens with zero attached hydrogens (tertiary/aromatic N) is 1. The Bertz CT molecular complexity index is 287. The molecule has 2 atom stereocenters. The minimum atomic E-state index is -0.372. The molecule has 2 saturated heterocycles. The Morgan fingerprint density at radius 2 is 2.43 bits per heavy atom. The first kappa shape index (κ1) is 9.24. The number of ether oxygens (including phenoxy) is 1. The molecule has 0 unspecified atom stereocenters. The van der Waals surface area contributed by atoms with Gasteiger partial charge in [-0.1, -0.05) is 12.7 Å². The number of ketones is 1. The van der Waals surface area contributed by atoms with Gasteiger partial charge in [-0.15, -0.1) is 0 Å². The van der Waals surface area contributed by atoms with E-state index >= 15 is 0 Å². The third kappa shape index (κ3) is 1.31. The first-order chi connectivity index (χ1) is 6.74. The summed E-state index contributed by atoms with van der Waals surface area (Å²) in [6, 6.07) is -0.123. The zero-order valence-corrected chi connectivity index (χ0v) is 7.94. The van der Waals surface area contributed by atoms with Crippen molar-refractivity contribution in [2.45, 2.75) is 31.3 Å². The van der Waals surface area contributed by atoms with Crippen LogP contribution in [-0.4, -0.2) is 35.5 Å². The van der Waals surface area contributed by atoms with Crippen molar-refractivity contribution in [1.29, 1.82) is 0 Å². The standard InChI is InChI=1S/C10H13NO3/c1-2-5-14-10(13)11-7-3-4-8(11)9(12)6-7/h2,7-8H,1,3-6H2/t7-,8+/m0/s1. The number of Topliss-reactive ketones (excluding diaryl/α,β-unsaturated/α-hetero) is 1. The number of fused-ring (bicyclic) bond motifs is 2. The molecule has 0 aromatic carbocycles. The van der Waals surface area contributed by atoms with E-state index in [1.807, 2.05) is 0 Å². The van der Waals surface area contributed by atoms with Crippen LogP contribution in [0, 0.1) is 0 Å². The van der Waals surface area contributed by atoms with Crippen LogP contribution in [0.4, 0.5) is 4.79 Å². The first-order valence-corrected chi connectivity index (χ1v) is 4.82. The zero-order valence-electron chi connectivity index (χ0n) is 7.94. The van der Waals surface area contributed by atoms with Crippen molar-refractivity contribution < 1.29 is 14.3 Å². The normalized spacial score (nSPS) is 29.4. The van der Waals surface area contributed by atoms with Crippen molar-refractivity contribution >= 4 is 11.9 Å². The molecule has 2 bridgehead atoms. The summed E-state index contributed by atoms with van der Waals surface area (Å²) in [5.41, 5.74) is 0. The highest BCUT2D eigenvalue weighted by Gasteiger charge is 2.48. The second-order valence-electron chi connectivity index (χ2n) is 3.69. The van der Waals surface area contributed by atoms with Gasteiger partial charge in [-0.2, -0.15) is 0 Å². The molecule has 2 fully saturated rings. The van der Waals surface area contributed by atoms with Crippen molar-refractivity contribution in [2.75, 3.05) is 6.61 Å². The van der Waals surface area contributed by atoms with E-state index in [1.54, 1.807) is 4.90 Å². The molecule has 0 aliphatic carbocycles. The van der Waals surface area contributed by atoms with E-state index in [0.29, 0.717) is 6.42 Å². The van der Waals surface area contributed by atoms with E-state index in [0.717, 1.165) is 12.8 Å². The lowest BCUT2D eigenvalue weighted by atomic mass is 10.00. The summed E-state index contributed by atoms with van der Waals surface area (Å²) in [4.78, 5) is 24.5. The molecule has 76 valence electrons. The lowest BCUT2D eigenvalue weighted by Gasteiger charge is -2.19. The SMILES string of the molecule is C=CCOC(=O)N1[C@H]2CC[C@@H]1C(=O)C2. The molecular formula is C10H13NO3. The molecule has 0 radical (unpaired) electrons. The largest absolute Gasteiger partial charge is 0.445 e. The van der Waals surface area contributed by atoms with Crippen LogP contribution < -0.4 is 0 Å². The predicted octanol–water partition coefficient (Wildman–Crippen LogP) is 1.11. The van der Waals surface area contributed by atoms with Crippen LogP contribution in [0.2, 0.25) is 0 Å². The maximum atomic E-state index is 11.5. The summed E-state index contributed by atoms with van der Waals surface area (Å²) in [5, 5.41) is 0. The summed E-state index contributed by atoms with van der Waals surface area (Å²) in [6.45, 7) is 3.68. The van der Waals surface area contributed by atoms with Crippen molar-refractivity contribution in [3.63, 3.8) is 0 Å². The average Bonchev–Trinajstić information content (AvgIpc) is 2.70. The van der Waals surface area contributed by atoms with Crippen LogP contribution in [0.15, 0.2) is 12.7 Å². The van der Waals surface area contributed by atoms with Gasteiger partial charge in [0, 0.05) is 12.5 Å². The Kier molecular flexibility index (Phi) is 2.27. The lowest BCUT2D eigenvalue weighted by Crippen LogP contribution is -2.37. The van der Waals surface area contributed by atoms with Crippen LogP contribution >= 0.6 is 0 Å². The fourth-order valence-corrected chi connectivity index (χ4v) is 2.25. The molecule has 2 rings (SSSR count). The Balaban J connectivity index is 2.01. The third-order valence-electron chi connectivity index (χ3n) is 2.85. The monoisotopic (exact) mass is 195 g/mol. The summed E-state index contributed by atoms with van der Waals surface area (Å²) >= 11 is 0. The molecule has 14 heavy (non-hydrogen) atoms. The van der Waals surface area contributed by atoms with Gasteiger partial charge in [0.15, 0.2) is 5.78 Å². The van der Waals surface area contributed by atoms with Crippen LogP contribution in [0.3, 0.4) is 0 Å². The molecule has 0 N–H and O–H groups in total. The molecule has 0 aromatic heterocycles. The van der Waals surface area contributed by atoms with Gasteiger partial charge in [0.25, 0.3) is 0 Å². The smallest absolute Gasteiger partial charge is 0.410 e. The number of carbonyl (C=O) groups excluding carboxylic acids is 2. The predicted molar refractivity (Wildman–Crippen MR) is 49.8 cm³/mol. The number of hydrogen-bond acceptors (Lipinski definition) is 3. The van der Waals surface area contributed by atoms with Crippen LogP contribution in [0.1, 0.15) is 19.3 Å². The Morgan fingerprint density at radius 3 is 2.93 bits per heavy atom. The van der Waals surface area contributed by atoms with Crippen molar-refractivity contribution in [2.24, 2.45) is 0 Å². The quantitative estimate of drug-likeness (QED) is 0.620. The van der Waals surface area contributed by atoms with Gasteiger partial charge < -0.3 is 4.74 Å². The molecule has 2 heterocycles. The van der Waals surface area contributed by atoms with E-state index in [4.69, 9.17) is 4.74 Å². The highest BCUT2D eigenvalue weighted by Crippen LogP contribution is 2.35. The molecule has 0 spiro atoms. The number of hydrogen-bond donors (Lipinski definition) is 0. The van der Waals surface area contributed by atoms with Gasteiger partial charge in [0.05, 0.1) is 6.04 Å². The van der Waals surface area contributed by atoms with Gasteiger partial charge in [0.1, 0.15) is 6.61 Å².